The van der Waals surface area contributed by atoms with Crippen molar-refractivity contribution in [1.82, 2.24) is 4.31 Å². The second-order valence-corrected chi connectivity index (χ2v) is 7.45. The van der Waals surface area contributed by atoms with Crippen LogP contribution < -0.4 is 0 Å². The number of halogens is 1. The number of carbonyl (C=O) groups is 1. The number of hydrogen-bond donors (Lipinski definition) is 2. The molecule has 1 aliphatic heterocycles. The second kappa shape index (κ2) is 5.44. The van der Waals surface area contributed by atoms with Gasteiger partial charge in [0.05, 0.1) is 16.6 Å². The lowest BCUT2D eigenvalue weighted by atomic mass is 10.1. The molecular weight excluding hydrogens is 350 g/mol. The van der Waals surface area contributed by atoms with Gasteiger partial charge in [0.2, 0.25) is 10.0 Å². The monoisotopic (exact) mass is 363 g/mol. The van der Waals surface area contributed by atoms with E-state index in [-0.39, 0.29) is 23.5 Å². The summed E-state index contributed by atoms with van der Waals surface area (Å²) in [6.07, 6.45) is -0.283. The molecule has 1 aliphatic rings. The van der Waals surface area contributed by atoms with E-state index in [0.717, 1.165) is 6.07 Å². The third-order valence-corrected chi connectivity index (χ3v) is 6.10. The van der Waals surface area contributed by atoms with Gasteiger partial charge >= 0.3 is 5.97 Å². The number of hydrogen-bond acceptors (Lipinski definition) is 4. The molecule has 1 aromatic rings. The van der Waals surface area contributed by atoms with Gasteiger partial charge in [0.25, 0.3) is 0 Å². The smallest absolute Gasteiger partial charge is 0.335 e. The van der Waals surface area contributed by atoms with Gasteiger partial charge in [-0.3, -0.25) is 0 Å². The molecule has 2 rings (SSSR count). The molecule has 1 atom stereocenters. The first-order chi connectivity index (χ1) is 9.23. The van der Waals surface area contributed by atoms with E-state index in [1.54, 1.807) is 6.92 Å². The summed E-state index contributed by atoms with van der Waals surface area (Å²) in [4.78, 5) is 11.0. The van der Waals surface area contributed by atoms with Crippen LogP contribution in [0.1, 0.15) is 22.3 Å². The number of benzene rings is 1. The van der Waals surface area contributed by atoms with Crippen LogP contribution in [-0.2, 0) is 10.0 Å². The highest BCUT2D eigenvalue weighted by Crippen LogP contribution is 2.29. The Labute approximate surface area is 125 Å². The molecule has 1 heterocycles. The topological polar surface area (TPSA) is 94.9 Å². The van der Waals surface area contributed by atoms with E-state index in [1.807, 2.05) is 0 Å². The molecule has 0 aliphatic carbocycles. The fourth-order valence-electron chi connectivity index (χ4n) is 2.11. The van der Waals surface area contributed by atoms with Gasteiger partial charge in [-0.05, 0) is 31.0 Å². The number of rotatable bonds is 3. The number of nitrogens with zero attached hydrogens (tertiary/aromatic N) is 1. The zero-order valence-corrected chi connectivity index (χ0v) is 13.1. The van der Waals surface area contributed by atoms with E-state index in [9.17, 15) is 18.3 Å². The SMILES string of the molecule is Cc1c(Br)cc(C(=O)O)cc1S(=O)(=O)N1CC[C@H](O)C1. The van der Waals surface area contributed by atoms with E-state index in [0.29, 0.717) is 16.5 Å². The minimum Gasteiger partial charge on any atom is -0.478 e. The fourth-order valence-corrected chi connectivity index (χ4v) is 4.47. The van der Waals surface area contributed by atoms with Gasteiger partial charge in [-0.25, -0.2) is 13.2 Å². The van der Waals surface area contributed by atoms with Crippen molar-refractivity contribution in [1.29, 1.82) is 0 Å². The van der Waals surface area contributed by atoms with Crippen molar-refractivity contribution in [3.63, 3.8) is 0 Å². The van der Waals surface area contributed by atoms with E-state index >= 15 is 0 Å². The lowest BCUT2D eigenvalue weighted by Gasteiger charge is -2.18. The Hall–Kier alpha value is -0.960. The van der Waals surface area contributed by atoms with E-state index in [2.05, 4.69) is 15.9 Å². The Morgan fingerprint density at radius 2 is 2.10 bits per heavy atom. The van der Waals surface area contributed by atoms with Gasteiger partial charge in [0.1, 0.15) is 0 Å². The average Bonchev–Trinajstić information content (AvgIpc) is 2.79. The summed E-state index contributed by atoms with van der Waals surface area (Å²) >= 11 is 3.18. The zero-order chi connectivity index (χ0) is 15.1. The van der Waals surface area contributed by atoms with Crippen molar-refractivity contribution in [2.75, 3.05) is 13.1 Å². The first-order valence-electron chi connectivity index (χ1n) is 5.95. The lowest BCUT2D eigenvalue weighted by Crippen LogP contribution is -2.30. The Balaban J connectivity index is 2.54. The molecule has 1 fully saturated rings. The fraction of sp³-hybridized carbons (Fsp3) is 0.417. The van der Waals surface area contributed by atoms with Crippen molar-refractivity contribution in [3.8, 4) is 0 Å². The predicted octanol–water partition coefficient (Wildman–Crippen LogP) is 1.21. The normalized spacial score (nSPS) is 20.2. The molecule has 0 aromatic heterocycles. The van der Waals surface area contributed by atoms with Crippen molar-refractivity contribution in [2.24, 2.45) is 0 Å². The Bertz CT molecular complexity index is 658. The van der Waals surface area contributed by atoms with E-state index in [4.69, 9.17) is 5.11 Å². The largest absolute Gasteiger partial charge is 0.478 e. The summed E-state index contributed by atoms with van der Waals surface area (Å²) in [7, 11) is -3.80. The minimum absolute atomic E-state index is 0.0384. The summed E-state index contributed by atoms with van der Waals surface area (Å²) in [5.74, 6) is -1.19. The van der Waals surface area contributed by atoms with Crippen LogP contribution in [0.15, 0.2) is 21.5 Å². The Kier molecular flexibility index (Phi) is 4.19. The molecule has 0 spiro atoms. The molecule has 0 unspecified atom stereocenters. The van der Waals surface area contributed by atoms with E-state index in [1.165, 1.54) is 10.4 Å². The van der Waals surface area contributed by atoms with E-state index < -0.39 is 22.1 Å². The molecule has 20 heavy (non-hydrogen) atoms. The average molecular weight is 364 g/mol. The van der Waals surface area contributed by atoms with Crippen molar-refractivity contribution < 1.29 is 23.4 Å². The number of carboxylic acid groups (broad SMARTS) is 1. The first kappa shape index (κ1) is 15.4. The Morgan fingerprint density at radius 3 is 2.60 bits per heavy atom. The molecule has 1 saturated heterocycles. The zero-order valence-electron chi connectivity index (χ0n) is 10.7. The quantitative estimate of drug-likeness (QED) is 0.841. The number of sulfonamides is 1. The van der Waals surface area contributed by atoms with Gasteiger partial charge in [0, 0.05) is 17.6 Å². The molecule has 110 valence electrons. The number of aromatic carboxylic acids is 1. The first-order valence-corrected chi connectivity index (χ1v) is 8.18. The van der Waals surface area contributed by atoms with Gasteiger partial charge in [0.15, 0.2) is 0 Å². The minimum atomic E-state index is -3.80. The maximum absolute atomic E-state index is 12.5. The number of β-amino-alcohol motifs (C(OH)–C–C–N with tert-alkyl or cyclic N) is 1. The molecule has 2 N–H and O–H groups in total. The summed E-state index contributed by atoms with van der Waals surface area (Å²) in [5, 5.41) is 18.5. The highest BCUT2D eigenvalue weighted by atomic mass is 79.9. The van der Waals surface area contributed by atoms with Crippen molar-refractivity contribution >= 4 is 31.9 Å². The summed E-state index contributed by atoms with van der Waals surface area (Å²) in [6, 6.07) is 2.53. The third kappa shape index (κ3) is 2.73. The number of carboxylic acids is 1. The maximum Gasteiger partial charge on any atom is 0.335 e. The third-order valence-electron chi connectivity index (χ3n) is 3.29. The molecule has 1 aromatic carbocycles. The van der Waals surface area contributed by atoms with Crippen LogP contribution in [0.25, 0.3) is 0 Å². The highest BCUT2D eigenvalue weighted by Gasteiger charge is 2.33. The van der Waals surface area contributed by atoms with Crippen LogP contribution in [-0.4, -0.2) is 48.1 Å². The molecular formula is C12H14BrNO5S. The van der Waals surface area contributed by atoms with Crippen LogP contribution in [0, 0.1) is 6.92 Å². The lowest BCUT2D eigenvalue weighted by molar-refractivity contribution is 0.0696. The van der Waals surface area contributed by atoms with Crippen LogP contribution in [0.5, 0.6) is 0 Å². The van der Waals surface area contributed by atoms with Crippen molar-refractivity contribution in [3.05, 3.63) is 27.7 Å². The molecule has 0 saturated carbocycles. The van der Waals surface area contributed by atoms with Gasteiger partial charge < -0.3 is 10.2 Å². The van der Waals surface area contributed by atoms with Crippen LogP contribution in [0.2, 0.25) is 0 Å². The Morgan fingerprint density at radius 1 is 1.45 bits per heavy atom. The van der Waals surface area contributed by atoms with Gasteiger partial charge in [-0.2, -0.15) is 4.31 Å². The molecule has 6 nitrogen and oxygen atoms in total. The summed E-state index contributed by atoms with van der Waals surface area (Å²) in [6.45, 7) is 1.88. The number of aliphatic hydroxyl groups is 1. The standard InChI is InChI=1S/C12H14BrNO5S/c1-7-10(13)4-8(12(16)17)5-11(7)20(18,19)14-3-2-9(15)6-14/h4-5,9,15H,2-3,6H2,1H3,(H,16,17)/t9-/m0/s1. The molecule has 0 amide bonds. The number of aliphatic hydroxyl groups excluding tert-OH is 1. The molecule has 8 heteroatoms. The summed E-state index contributed by atoms with van der Waals surface area (Å²) in [5.41, 5.74) is 0.359. The van der Waals surface area contributed by atoms with Crippen molar-refractivity contribution in [2.45, 2.75) is 24.3 Å². The van der Waals surface area contributed by atoms with Gasteiger partial charge in [-0.15, -0.1) is 0 Å². The maximum atomic E-state index is 12.5. The van der Waals surface area contributed by atoms with Crippen LogP contribution in [0.4, 0.5) is 0 Å². The van der Waals surface area contributed by atoms with Crippen LogP contribution in [0.3, 0.4) is 0 Å². The highest BCUT2D eigenvalue weighted by molar-refractivity contribution is 9.10. The molecule has 0 radical (unpaired) electrons. The molecule has 0 bridgehead atoms. The second-order valence-electron chi connectivity index (χ2n) is 4.69. The predicted molar refractivity (Wildman–Crippen MR) is 75.2 cm³/mol. The van der Waals surface area contributed by atoms with Gasteiger partial charge in [-0.1, -0.05) is 15.9 Å². The summed E-state index contributed by atoms with van der Waals surface area (Å²) < 4.78 is 26.7. The van der Waals surface area contributed by atoms with Crippen LogP contribution >= 0.6 is 15.9 Å².